The molecule has 1 saturated heterocycles. The first-order valence-electron chi connectivity index (χ1n) is 5.53. The lowest BCUT2D eigenvalue weighted by atomic mass is 10.1. The van der Waals surface area contributed by atoms with Gasteiger partial charge in [-0.05, 0) is 6.42 Å². The quantitative estimate of drug-likeness (QED) is 0.557. The minimum Gasteiger partial charge on any atom is -0.481 e. The second kappa shape index (κ2) is 6.19. The highest BCUT2D eigenvalue weighted by Gasteiger charge is 2.23. The molecule has 96 valence electrons. The summed E-state index contributed by atoms with van der Waals surface area (Å²) in [7, 11) is 0. The number of amides is 2. The number of aliphatic carboxylic acids is 1. The number of hydrogen-bond acceptors (Lipinski definition) is 4. The number of carbonyl (C=O) groups is 3. The Bertz CT molecular complexity index is 319. The highest BCUT2D eigenvalue weighted by molar-refractivity contribution is 5.84. The van der Waals surface area contributed by atoms with Crippen LogP contribution in [0.25, 0.3) is 0 Å². The maximum Gasteiger partial charge on any atom is 0.303 e. The van der Waals surface area contributed by atoms with E-state index in [1.807, 2.05) is 0 Å². The molecule has 2 amide bonds. The number of nitrogens with one attached hydrogen (secondary N) is 1. The van der Waals surface area contributed by atoms with E-state index in [1.165, 1.54) is 4.90 Å². The van der Waals surface area contributed by atoms with Gasteiger partial charge >= 0.3 is 5.97 Å². The van der Waals surface area contributed by atoms with E-state index in [0.717, 1.165) is 0 Å². The molecule has 1 aliphatic rings. The average molecular weight is 243 g/mol. The van der Waals surface area contributed by atoms with E-state index < -0.39 is 12.0 Å². The van der Waals surface area contributed by atoms with Crippen LogP contribution in [0.3, 0.4) is 0 Å². The van der Waals surface area contributed by atoms with Crippen molar-refractivity contribution in [1.29, 1.82) is 0 Å². The highest BCUT2D eigenvalue weighted by Crippen LogP contribution is 2.03. The van der Waals surface area contributed by atoms with Crippen molar-refractivity contribution >= 4 is 17.8 Å². The van der Waals surface area contributed by atoms with E-state index >= 15 is 0 Å². The van der Waals surface area contributed by atoms with Gasteiger partial charge in [0.1, 0.15) is 0 Å². The van der Waals surface area contributed by atoms with Crippen molar-refractivity contribution < 1.29 is 19.5 Å². The fourth-order valence-electron chi connectivity index (χ4n) is 1.62. The Balaban J connectivity index is 2.44. The van der Waals surface area contributed by atoms with Crippen LogP contribution in [0.1, 0.15) is 19.3 Å². The molecule has 0 aromatic carbocycles. The van der Waals surface area contributed by atoms with Crippen molar-refractivity contribution in [3.63, 3.8) is 0 Å². The monoisotopic (exact) mass is 243 g/mol. The van der Waals surface area contributed by atoms with Gasteiger partial charge in [0, 0.05) is 32.5 Å². The molecule has 1 aliphatic heterocycles. The fourth-order valence-corrected chi connectivity index (χ4v) is 1.62. The number of carboxylic acid groups (broad SMARTS) is 1. The number of rotatable bonds is 4. The van der Waals surface area contributed by atoms with E-state index in [1.54, 1.807) is 0 Å². The Morgan fingerprint density at radius 2 is 2.18 bits per heavy atom. The lowest BCUT2D eigenvalue weighted by Crippen LogP contribution is -2.45. The van der Waals surface area contributed by atoms with Gasteiger partial charge in [0.15, 0.2) is 0 Å². The minimum atomic E-state index is -0.971. The van der Waals surface area contributed by atoms with Gasteiger partial charge in [0.05, 0.1) is 6.04 Å². The maximum absolute atomic E-state index is 11.8. The number of nitrogens with zero attached hydrogens (tertiary/aromatic N) is 1. The van der Waals surface area contributed by atoms with Crippen molar-refractivity contribution in [3.05, 3.63) is 0 Å². The van der Waals surface area contributed by atoms with E-state index in [0.29, 0.717) is 19.6 Å². The minimum absolute atomic E-state index is 0.0839. The van der Waals surface area contributed by atoms with Gasteiger partial charge in [-0.1, -0.05) is 0 Å². The highest BCUT2D eigenvalue weighted by atomic mass is 16.4. The molecule has 0 saturated carbocycles. The average Bonchev–Trinajstić information content (AvgIpc) is 2.49. The Morgan fingerprint density at radius 1 is 1.47 bits per heavy atom. The number of nitrogens with two attached hydrogens (primary N) is 1. The normalized spacial score (nSPS) is 18.2. The summed E-state index contributed by atoms with van der Waals surface area (Å²) in [4.78, 5) is 34.8. The first kappa shape index (κ1) is 13.4. The van der Waals surface area contributed by atoms with Gasteiger partial charge in [-0.3, -0.25) is 14.4 Å². The van der Waals surface area contributed by atoms with Crippen LogP contribution in [0.4, 0.5) is 0 Å². The van der Waals surface area contributed by atoms with E-state index in [2.05, 4.69) is 5.32 Å². The van der Waals surface area contributed by atoms with Gasteiger partial charge in [0.2, 0.25) is 11.8 Å². The Hall–Kier alpha value is -1.63. The van der Waals surface area contributed by atoms with Crippen LogP contribution in [0.5, 0.6) is 0 Å². The topological polar surface area (TPSA) is 113 Å². The van der Waals surface area contributed by atoms with Gasteiger partial charge in [-0.2, -0.15) is 0 Å². The van der Waals surface area contributed by atoms with Crippen molar-refractivity contribution in [1.82, 2.24) is 10.2 Å². The molecular formula is C10H17N3O4. The summed E-state index contributed by atoms with van der Waals surface area (Å²) >= 11 is 0. The predicted molar refractivity (Wildman–Crippen MR) is 59.1 cm³/mol. The van der Waals surface area contributed by atoms with Gasteiger partial charge < -0.3 is 21.1 Å². The molecule has 1 atom stereocenters. The van der Waals surface area contributed by atoms with Crippen LogP contribution in [0.15, 0.2) is 0 Å². The molecule has 0 spiro atoms. The second-order valence-corrected chi connectivity index (χ2v) is 3.96. The number of carbonyl (C=O) groups excluding carboxylic acids is 2. The molecule has 4 N–H and O–H groups in total. The summed E-state index contributed by atoms with van der Waals surface area (Å²) in [6.07, 6.45) is 0.251. The molecule has 17 heavy (non-hydrogen) atoms. The molecule has 1 rings (SSSR count). The summed E-state index contributed by atoms with van der Waals surface area (Å²) in [5.74, 6) is -1.34. The van der Waals surface area contributed by atoms with Gasteiger partial charge in [0.25, 0.3) is 0 Å². The molecule has 1 fully saturated rings. The Labute approximate surface area is 98.9 Å². The zero-order chi connectivity index (χ0) is 12.8. The second-order valence-electron chi connectivity index (χ2n) is 3.96. The third-order valence-electron chi connectivity index (χ3n) is 2.61. The molecule has 1 heterocycles. The van der Waals surface area contributed by atoms with Crippen molar-refractivity contribution in [2.45, 2.75) is 25.3 Å². The summed E-state index contributed by atoms with van der Waals surface area (Å²) in [6.45, 7) is 1.17. The smallest absolute Gasteiger partial charge is 0.303 e. The molecule has 7 nitrogen and oxygen atoms in total. The molecule has 0 aliphatic carbocycles. The number of carboxylic acids is 1. The molecule has 7 heteroatoms. The third-order valence-corrected chi connectivity index (χ3v) is 2.61. The molecule has 0 aromatic heterocycles. The van der Waals surface area contributed by atoms with Gasteiger partial charge in [-0.15, -0.1) is 0 Å². The predicted octanol–water partition coefficient (Wildman–Crippen LogP) is -1.47. The summed E-state index contributed by atoms with van der Waals surface area (Å²) in [5.41, 5.74) is 5.62. The van der Waals surface area contributed by atoms with Crippen LogP contribution >= 0.6 is 0 Å². The zero-order valence-electron chi connectivity index (χ0n) is 9.52. The number of hydrogen-bond donors (Lipinski definition) is 3. The first-order valence-corrected chi connectivity index (χ1v) is 5.53. The standard InChI is InChI=1S/C10H17N3O4/c11-7(1-2-9(15)16)10(17)13-5-3-8(14)12-4-6-13/h7H,1-6,11H2,(H,12,14)(H,15,16). The fraction of sp³-hybridized carbons (Fsp3) is 0.700. The Kier molecular flexibility index (Phi) is 4.89. The molecule has 0 radical (unpaired) electrons. The van der Waals surface area contributed by atoms with E-state index in [-0.39, 0.29) is 31.1 Å². The lowest BCUT2D eigenvalue weighted by molar-refractivity contribution is -0.137. The van der Waals surface area contributed by atoms with E-state index in [4.69, 9.17) is 10.8 Å². The molecule has 1 unspecified atom stereocenters. The maximum atomic E-state index is 11.8. The van der Waals surface area contributed by atoms with E-state index in [9.17, 15) is 14.4 Å². The van der Waals surface area contributed by atoms with Crippen molar-refractivity contribution in [3.8, 4) is 0 Å². The molecule has 0 bridgehead atoms. The zero-order valence-corrected chi connectivity index (χ0v) is 9.52. The van der Waals surface area contributed by atoms with Crippen LogP contribution in [0.2, 0.25) is 0 Å². The SMILES string of the molecule is NC(CCC(=O)O)C(=O)N1CCNC(=O)CC1. The molecule has 0 aromatic rings. The first-order chi connectivity index (χ1) is 8.00. The summed E-state index contributed by atoms with van der Waals surface area (Å²) in [6, 6.07) is -0.806. The summed E-state index contributed by atoms with van der Waals surface area (Å²) < 4.78 is 0. The third kappa shape index (κ3) is 4.39. The largest absolute Gasteiger partial charge is 0.481 e. The van der Waals surface area contributed by atoms with Crippen molar-refractivity contribution in [2.75, 3.05) is 19.6 Å². The lowest BCUT2D eigenvalue weighted by Gasteiger charge is -2.23. The van der Waals surface area contributed by atoms with Crippen molar-refractivity contribution in [2.24, 2.45) is 5.73 Å². The van der Waals surface area contributed by atoms with Crippen LogP contribution < -0.4 is 11.1 Å². The summed E-state index contributed by atoms with van der Waals surface area (Å²) in [5, 5.41) is 11.1. The van der Waals surface area contributed by atoms with Crippen LogP contribution in [0, 0.1) is 0 Å². The van der Waals surface area contributed by atoms with Crippen LogP contribution in [-0.2, 0) is 14.4 Å². The Morgan fingerprint density at radius 3 is 2.82 bits per heavy atom. The van der Waals surface area contributed by atoms with Crippen LogP contribution in [-0.4, -0.2) is 53.5 Å². The molecular weight excluding hydrogens is 226 g/mol. The van der Waals surface area contributed by atoms with Gasteiger partial charge in [-0.25, -0.2) is 0 Å².